The molecule has 0 aromatic rings. The molecule has 3 aliphatic carbocycles. The van der Waals surface area contributed by atoms with E-state index in [4.69, 9.17) is 55.2 Å². The summed E-state index contributed by atoms with van der Waals surface area (Å²) in [6.45, 7) is 1.43. The maximum absolute atomic E-state index is 10.6. The van der Waals surface area contributed by atoms with Crippen molar-refractivity contribution in [1.29, 1.82) is 5.26 Å². The van der Waals surface area contributed by atoms with E-state index in [1.54, 1.807) is 6.07 Å². The van der Waals surface area contributed by atoms with Crippen LogP contribution in [-0.2, 0) is 11.2 Å². The van der Waals surface area contributed by atoms with Crippen molar-refractivity contribution < 1.29 is 11.2 Å². The molecule has 0 amide bonds. The second-order valence-electron chi connectivity index (χ2n) is 5.02. The molecule has 2 saturated carbocycles. The van der Waals surface area contributed by atoms with E-state index < -0.39 is 11.2 Å². The van der Waals surface area contributed by atoms with E-state index in [1.165, 1.54) is 13.3 Å². The predicted octanol–water partition coefficient (Wildman–Crippen LogP) is 5.86. The number of hydrogen-bond donors (Lipinski definition) is 0. The van der Waals surface area contributed by atoms with Gasteiger partial charge in [-0.2, -0.15) is 10.2 Å². The van der Waals surface area contributed by atoms with Crippen LogP contribution in [0.3, 0.4) is 0 Å². The Morgan fingerprint density at radius 1 is 1.24 bits per heavy atom. The predicted molar refractivity (Wildman–Crippen MR) is 86.3 cm³/mol. The maximum atomic E-state index is 10.6. The van der Waals surface area contributed by atoms with Gasteiger partial charge in [0.1, 0.15) is 6.04 Å². The molecule has 3 nitrogen and oxygen atoms in total. The molecule has 3 rings (SSSR count). The van der Waals surface area contributed by atoms with Crippen LogP contribution in [0.15, 0.2) is 17.3 Å². The Hall–Kier alpha value is 0.929. The first-order chi connectivity index (χ1) is 9.74. The van der Waals surface area contributed by atoms with Crippen molar-refractivity contribution in [2.45, 2.75) is 31.2 Å². The summed E-state index contributed by atoms with van der Waals surface area (Å²) in [5.74, 6) is 2.34. The van der Waals surface area contributed by atoms with Gasteiger partial charge >= 0.3 is 49.6 Å². The molecule has 0 aromatic carbocycles. The quantitative estimate of drug-likeness (QED) is 0.225. The van der Waals surface area contributed by atoms with E-state index in [-0.39, 0.29) is 11.4 Å². The van der Waals surface area contributed by atoms with E-state index in [1.807, 2.05) is 0 Å². The topological polar surface area (TPSA) is 53.2 Å². The Morgan fingerprint density at radius 2 is 1.76 bits per heavy atom. The van der Waals surface area contributed by atoms with Crippen LogP contribution in [0.25, 0.3) is 0 Å². The van der Waals surface area contributed by atoms with Gasteiger partial charge in [0, 0.05) is 6.92 Å². The van der Waals surface area contributed by atoms with E-state index in [0.29, 0.717) is 17.8 Å². The van der Waals surface area contributed by atoms with Crippen LogP contribution in [0.4, 0.5) is 0 Å². The molecule has 0 spiro atoms. The number of halogens is 5. The first-order valence-electron chi connectivity index (χ1n) is 6.19. The van der Waals surface area contributed by atoms with Gasteiger partial charge in [0.05, 0.1) is 11.4 Å². The molecular formula is C12H15Cl5IrN2O. The summed E-state index contributed by atoms with van der Waals surface area (Å²) in [5, 5.41) is 10.5. The molecule has 0 N–H and O–H groups in total. The molecule has 6 atom stereocenters. The molecule has 0 unspecified atom stereocenters. The third-order valence-corrected chi connectivity index (χ3v) is 4.73. The summed E-state index contributed by atoms with van der Waals surface area (Å²) in [7, 11) is 20.1. The van der Waals surface area contributed by atoms with Crippen LogP contribution in [0.5, 0.6) is 0 Å². The summed E-state index contributed by atoms with van der Waals surface area (Å²) in [5.41, 5.74) is 0. The number of nitroso groups, excluding NO2 is 1. The van der Waals surface area contributed by atoms with Crippen molar-refractivity contribution in [3.05, 3.63) is 17.1 Å². The van der Waals surface area contributed by atoms with Crippen molar-refractivity contribution in [1.82, 2.24) is 0 Å². The Labute approximate surface area is 148 Å². The zero-order valence-electron chi connectivity index (χ0n) is 11.1. The number of nitrogens with zero attached hydrogens (tertiary/aromatic N) is 2. The Kier molecular flexibility index (Phi) is 8.27. The van der Waals surface area contributed by atoms with Crippen molar-refractivity contribution in [2.75, 3.05) is 0 Å². The van der Waals surface area contributed by atoms with E-state index in [0.717, 1.165) is 12.3 Å². The Morgan fingerprint density at radius 3 is 2.24 bits per heavy atom. The zero-order chi connectivity index (χ0) is 16.2. The summed E-state index contributed by atoms with van der Waals surface area (Å²) >= 11 is 3.11. The van der Waals surface area contributed by atoms with Gasteiger partial charge in [-0.1, -0.05) is 17.3 Å². The van der Waals surface area contributed by atoms with Gasteiger partial charge in [0.15, 0.2) is 0 Å². The van der Waals surface area contributed by atoms with Gasteiger partial charge < -0.3 is 0 Å². The van der Waals surface area contributed by atoms with E-state index >= 15 is 0 Å². The van der Waals surface area contributed by atoms with Crippen molar-refractivity contribution in [3.8, 4) is 6.07 Å². The van der Waals surface area contributed by atoms with Crippen molar-refractivity contribution in [3.63, 3.8) is 0 Å². The second kappa shape index (κ2) is 8.69. The number of hydrogen-bond acceptors (Lipinski definition) is 3. The first kappa shape index (κ1) is 20.0. The van der Waals surface area contributed by atoms with Crippen LogP contribution >= 0.6 is 49.9 Å². The van der Waals surface area contributed by atoms with Gasteiger partial charge in [0.2, 0.25) is 0 Å². The summed E-state index contributed by atoms with van der Waals surface area (Å²) in [4.78, 5) is 10.6. The molecule has 0 saturated heterocycles. The fraction of sp³-hybridized carbons (Fsp3) is 0.750. The number of alkyl halides is 1. The number of fused-ring (bicyclic) bond motifs is 5. The van der Waals surface area contributed by atoms with Crippen molar-refractivity contribution >= 4 is 49.9 Å². The summed E-state index contributed by atoms with van der Waals surface area (Å²) in [6.07, 6.45) is 6.81. The fourth-order valence-electron chi connectivity index (χ4n) is 3.62. The van der Waals surface area contributed by atoms with Crippen LogP contribution in [0, 0.1) is 39.9 Å². The minimum atomic E-state index is -3.11. The molecule has 21 heavy (non-hydrogen) atoms. The SMILES string of the molecule is CC#N.O=N[C@H]1[C@@H](Cl)[C@H]2C[C@@H]1[C@H]1C=CC[C@H]12.[Cl][Ir]([Cl])([Cl])[Cl]. The fourth-order valence-corrected chi connectivity index (χ4v) is 4.14. The third-order valence-electron chi connectivity index (χ3n) is 4.15. The number of allylic oxidation sites excluding steroid dienone is 2. The van der Waals surface area contributed by atoms with E-state index in [2.05, 4.69) is 17.3 Å². The van der Waals surface area contributed by atoms with E-state index in [9.17, 15) is 4.91 Å². The second-order valence-corrected chi connectivity index (χ2v) is 26.3. The molecular weight excluding hydrogens is 558 g/mol. The summed E-state index contributed by atoms with van der Waals surface area (Å²) in [6, 6.07) is 1.63. The Bertz CT molecular complexity index is 428. The first-order valence-corrected chi connectivity index (χ1v) is 18.5. The minimum absolute atomic E-state index is 0.0173. The monoisotopic (exact) mass is 571 g/mol. The van der Waals surface area contributed by atoms with Gasteiger partial charge in [0.25, 0.3) is 0 Å². The average Bonchev–Trinajstić information content (AvgIpc) is 2.97. The molecule has 0 aliphatic heterocycles. The van der Waals surface area contributed by atoms with Crippen LogP contribution in [0.2, 0.25) is 0 Å². The van der Waals surface area contributed by atoms with Crippen LogP contribution in [0.1, 0.15) is 19.8 Å². The molecule has 2 fully saturated rings. The molecule has 2 bridgehead atoms. The molecule has 123 valence electrons. The average molecular weight is 573 g/mol. The molecule has 9 heteroatoms. The van der Waals surface area contributed by atoms with Crippen LogP contribution < -0.4 is 0 Å². The van der Waals surface area contributed by atoms with Crippen LogP contribution in [-0.4, -0.2) is 11.4 Å². The number of nitriles is 1. The van der Waals surface area contributed by atoms with Gasteiger partial charge in [-0.05, 0) is 36.5 Å². The van der Waals surface area contributed by atoms with Gasteiger partial charge in [-0.3, -0.25) is 0 Å². The normalized spacial score (nSPS) is 39.3. The Balaban J connectivity index is 0.000000235. The van der Waals surface area contributed by atoms with Crippen molar-refractivity contribution in [2.24, 2.45) is 28.8 Å². The standard InChI is InChI=1S/C10H12ClNO.C2H3N.4ClH.Ir/c11-9-7-4-8(10(9)12-13)6-3-1-2-5(6)7;1-2-3;;;;;/h1,3,5-10H,2,4H2;1H3;4*1H;/q;;;;;;+4/p-4/t5-,6+,7+,8-,9+,10-;;;;;;/m1....../s1. The number of rotatable bonds is 1. The summed E-state index contributed by atoms with van der Waals surface area (Å²) < 4.78 is 0. The van der Waals surface area contributed by atoms with Gasteiger partial charge in [-0.25, -0.2) is 0 Å². The molecule has 3 aliphatic rings. The molecule has 0 heterocycles. The zero-order valence-corrected chi connectivity index (χ0v) is 17.2. The third kappa shape index (κ3) is 5.50. The van der Waals surface area contributed by atoms with Gasteiger partial charge in [-0.15, -0.1) is 11.6 Å². The molecule has 0 aromatic heterocycles. The molecule has 0 radical (unpaired) electrons.